The van der Waals surface area contributed by atoms with Crippen LogP contribution in [0.1, 0.15) is 24.8 Å². The lowest BCUT2D eigenvalue weighted by Gasteiger charge is -2.38. The summed E-state index contributed by atoms with van der Waals surface area (Å²) in [4.78, 5) is 5.18. The number of ether oxygens (including phenoxy) is 1. The minimum atomic E-state index is 0.557. The Morgan fingerprint density at radius 2 is 1.30 bits per heavy atom. The molecule has 7 rings (SSSR count). The Labute approximate surface area is 272 Å². The van der Waals surface area contributed by atoms with Crippen LogP contribution in [0.25, 0.3) is 22.2 Å². The predicted octanol–water partition coefficient (Wildman–Crippen LogP) is 7.48. The van der Waals surface area contributed by atoms with Crippen LogP contribution < -0.4 is 10.4 Å². The Bertz CT molecular complexity index is 1880. The maximum absolute atomic E-state index is 9.08. The van der Waals surface area contributed by atoms with Crippen molar-refractivity contribution in [1.29, 1.82) is 5.41 Å². The second-order valence-electron chi connectivity index (χ2n) is 12.3. The van der Waals surface area contributed by atoms with E-state index in [-0.39, 0.29) is 0 Å². The van der Waals surface area contributed by atoms with Gasteiger partial charge in [-0.3, -0.25) is 10.3 Å². The maximum Gasteiger partial charge on any atom is 0.203 e. The number of benzene rings is 4. The molecule has 46 heavy (non-hydrogen) atoms. The van der Waals surface area contributed by atoms with Crippen LogP contribution in [0.5, 0.6) is 5.75 Å². The van der Waals surface area contributed by atoms with Crippen LogP contribution in [-0.2, 0) is 19.6 Å². The quantitative estimate of drug-likeness (QED) is 0.158. The van der Waals surface area contributed by atoms with Crippen molar-refractivity contribution in [1.82, 2.24) is 18.9 Å². The molecule has 1 N–H and O–H groups in total. The third-order valence-corrected chi connectivity index (χ3v) is 9.36. The highest BCUT2D eigenvalue weighted by atomic mass is 16.5. The summed E-state index contributed by atoms with van der Waals surface area (Å²) < 4.78 is 10.2. The van der Waals surface area contributed by atoms with Gasteiger partial charge in [0.2, 0.25) is 5.62 Å². The lowest BCUT2D eigenvalue weighted by molar-refractivity contribution is 0.149. The van der Waals surface area contributed by atoms with Crippen molar-refractivity contribution in [3.63, 3.8) is 0 Å². The number of piperazine rings is 1. The maximum atomic E-state index is 9.08. The van der Waals surface area contributed by atoms with E-state index in [0.29, 0.717) is 12.2 Å². The number of imidazole rings is 1. The van der Waals surface area contributed by atoms with E-state index in [1.54, 1.807) is 0 Å². The van der Waals surface area contributed by atoms with E-state index in [1.807, 2.05) is 30.3 Å². The summed E-state index contributed by atoms with van der Waals surface area (Å²) in [6.45, 7) is 7.41. The zero-order valence-corrected chi connectivity index (χ0v) is 26.5. The zero-order chi connectivity index (χ0) is 31.1. The third kappa shape index (κ3) is 6.73. The van der Waals surface area contributed by atoms with Gasteiger partial charge in [0.05, 0.1) is 17.6 Å². The number of nitrogens with one attached hydrogen (secondary N) is 1. The van der Waals surface area contributed by atoms with Gasteiger partial charge in [0, 0.05) is 51.5 Å². The van der Waals surface area contributed by atoms with Gasteiger partial charge < -0.3 is 18.8 Å². The van der Waals surface area contributed by atoms with Crippen molar-refractivity contribution in [2.24, 2.45) is 0 Å². The molecular formula is C40H43N5O. The van der Waals surface area contributed by atoms with Gasteiger partial charge in [0.15, 0.2) is 0 Å². The van der Waals surface area contributed by atoms with Gasteiger partial charge in [-0.05, 0) is 71.9 Å². The first-order valence-electron chi connectivity index (χ1n) is 16.6. The van der Waals surface area contributed by atoms with Crippen LogP contribution in [0.4, 0.5) is 0 Å². The fraction of sp³-hybridized carbons (Fsp3) is 0.275. The van der Waals surface area contributed by atoms with Gasteiger partial charge in [0.25, 0.3) is 0 Å². The molecular weight excluding hydrogens is 566 g/mol. The molecule has 234 valence electrons. The number of hydrogen-bond acceptors (Lipinski definition) is 4. The number of allylic oxidation sites excluding steroid dienone is 4. The van der Waals surface area contributed by atoms with Crippen LogP contribution in [0, 0.1) is 5.41 Å². The zero-order valence-electron chi connectivity index (χ0n) is 26.5. The molecule has 6 nitrogen and oxygen atoms in total. The average molecular weight is 610 g/mol. The highest BCUT2D eigenvalue weighted by Crippen LogP contribution is 2.27. The molecule has 2 heterocycles. The Morgan fingerprint density at radius 3 is 2.04 bits per heavy atom. The number of para-hydroxylation sites is 3. The normalized spacial score (nSPS) is 15.5. The van der Waals surface area contributed by atoms with Gasteiger partial charge in [-0.25, -0.2) is 0 Å². The minimum absolute atomic E-state index is 0.557. The molecule has 1 saturated heterocycles. The topological polar surface area (TPSA) is 49.4 Å². The number of fused-ring (bicyclic) bond motifs is 1. The second kappa shape index (κ2) is 14.1. The van der Waals surface area contributed by atoms with E-state index in [9.17, 15) is 0 Å². The highest BCUT2D eigenvalue weighted by Gasteiger charge is 2.21. The van der Waals surface area contributed by atoms with Crippen molar-refractivity contribution in [3.8, 4) is 16.9 Å². The summed E-state index contributed by atoms with van der Waals surface area (Å²) in [7, 11) is 0. The molecule has 6 heteroatoms. The van der Waals surface area contributed by atoms with Crippen molar-refractivity contribution < 1.29 is 4.74 Å². The van der Waals surface area contributed by atoms with Crippen LogP contribution in [0.2, 0.25) is 0 Å². The summed E-state index contributed by atoms with van der Waals surface area (Å²) in [5.74, 6) is 0.893. The molecule has 0 unspecified atom stereocenters. The van der Waals surface area contributed by atoms with Gasteiger partial charge in [-0.15, -0.1) is 0 Å². The van der Waals surface area contributed by atoms with E-state index < -0.39 is 0 Å². The van der Waals surface area contributed by atoms with Crippen LogP contribution in [-0.4, -0.2) is 51.7 Å². The smallest absolute Gasteiger partial charge is 0.203 e. The van der Waals surface area contributed by atoms with Crippen molar-refractivity contribution >= 4 is 11.0 Å². The molecule has 0 radical (unpaired) electrons. The van der Waals surface area contributed by atoms with Gasteiger partial charge in [0.1, 0.15) is 5.75 Å². The highest BCUT2D eigenvalue weighted by molar-refractivity contribution is 5.76. The Hall–Kier alpha value is -4.81. The molecule has 5 aromatic rings. The van der Waals surface area contributed by atoms with Gasteiger partial charge >= 0.3 is 0 Å². The van der Waals surface area contributed by atoms with E-state index in [2.05, 4.69) is 110 Å². The molecule has 1 aliphatic carbocycles. The van der Waals surface area contributed by atoms with Crippen LogP contribution >= 0.6 is 0 Å². The SMILES string of the molecule is N=c1n(CCCOc2ccccc2)c2ccccc2n1CC1=CC=C(N2CCN(Cc3ccccc3-c3ccccc3)CC2)CC1. The number of rotatable bonds is 11. The predicted molar refractivity (Wildman–Crippen MR) is 186 cm³/mol. The van der Waals surface area contributed by atoms with E-state index >= 15 is 0 Å². The lowest BCUT2D eigenvalue weighted by Crippen LogP contribution is -2.45. The minimum Gasteiger partial charge on any atom is -0.494 e. The number of aromatic nitrogens is 2. The van der Waals surface area contributed by atoms with E-state index in [4.69, 9.17) is 10.1 Å². The molecule has 2 aliphatic rings. The lowest BCUT2D eigenvalue weighted by atomic mass is 9.99. The number of nitrogens with zero attached hydrogens (tertiary/aromatic N) is 4. The Kier molecular flexibility index (Phi) is 9.15. The first-order valence-corrected chi connectivity index (χ1v) is 16.6. The van der Waals surface area contributed by atoms with E-state index in [1.165, 1.54) is 28.0 Å². The van der Waals surface area contributed by atoms with Crippen molar-refractivity contribution in [2.75, 3.05) is 32.8 Å². The van der Waals surface area contributed by atoms with E-state index in [0.717, 1.165) is 81.9 Å². The summed E-state index contributed by atoms with van der Waals surface area (Å²) >= 11 is 0. The summed E-state index contributed by atoms with van der Waals surface area (Å²) in [6, 6.07) is 38.0. The first kappa shape index (κ1) is 29.9. The van der Waals surface area contributed by atoms with Crippen molar-refractivity contribution in [2.45, 2.75) is 38.9 Å². The summed E-state index contributed by atoms with van der Waals surface area (Å²) in [5, 5.41) is 9.08. The average Bonchev–Trinajstić information content (AvgIpc) is 3.38. The molecule has 0 spiro atoms. The van der Waals surface area contributed by atoms with Crippen LogP contribution in [0.15, 0.2) is 133 Å². The second-order valence-corrected chi connectivity index (χ2v) is 12.3. The largest absolute Gasteiger partial charge is 0.494 e. The van der Waals surface area contributed by atoms with Crippen molar-refractivity contribution in [3.05, 3.63) is 144 Å². The molecule has 0 atom stereocenters. The number of hydrogen-bond donors (Lipinski definition) is 1. The third-order valence-electron chi connectivity index (χ3n) is 9.36. The van der Waals surface area contributed by atoms with Gasteiger partial charge in [-0.1, -0.05) is 91.0 Å². The Morgan fingerprint density at radius 1 is 0.630 bits per heavy atom. The molecule has 1 fully saturated rings. The Balaban J connectivity index is 0.967. The summed E-state index contributed by atoms with van der Waals surface area (Å²) in [5.41, 5.74) is 9.66. The summed E-state index contributed by atoms with van der Waals surface area (Å²) in [6.07, 6.45) is 7.59. The monoisotopic (exact) mass is 609 g/mol. The number of aryl methyl sites for hydroxylation is 1. The molecule has 1 aromatic heterocycles. The molecule has 0 bridgehead atoms. The fourth-order valence-corrected chi connectivity index (χ4v) is 6.87. The molecule has 0 amide bonds. The molecule has 1 aliphatic heterocycles. The van der Waals surface area contributed by atoms with Gasteiger partial charge in [-0.2, -0.15) is 0 Å². The fourth-order valence-electron chi connectivity index (χ4n) is 6.87. The first-order chi connectivity index (χ1) is 22.7. The standard InChI is InChI=1S/C40H43N5O/c41-40-44(24-11-29-46-36-15-5-2-6-16-36)38-18-9-10-19-39(38)45(40)30-32-20-22-35(23-21-32)43-27-25-42(26-28-43)31-34-14-7-8-17-37(34)33-12-3-1-4-13-33/h1-10,12-20,22,41H,11,21,23-31H2. The molecule has 0 saturated carbocycles. The molecule has 4 aromatic carbocycles. The van der Waals surface area contributed by atoms with Crippen LogP contribution in [0.3, 0.4) is 0 Å².